The zero-order valence-electron chi connectivity index (χ0n) is 13.1. The van der Waals surface area contributed by atoms with E-state index in [2.05, 4.69) is 0 Å². The molecule has 2 amide bonds. The Morgan fingerprint density at radius 3 is 2.35 bits per heavy atom. The Balaban J connectivity index is 1.67. The van der Waals surface area contributed by atoms with Crippen LogP contribution in [0, 0.1) is 0 Å². The van der Waals surface area contributed by atoms with Gasteiger partial charge in [-0.1, -0.05) is 12.1 Å². The lowest BCUT2D eigenvalue weighted by atomic mass is 10.1. The number of nitrogens with zero attached hydrogens (tertiary/aromatic N) is 1. The lowest BCUT2D eigenvalue weighted by molar-refractivity contribution is -0.144. The Labute approximate surface area is 135 Å². The normalized spacial score (nSPS) is 23.7. The molecule has 6 nitrogen and oxygen atoms in total. The molecule has 1 aliphatic heterocycles. The molecule has 0 aromatic heterocycles. The third kappa shape index (κ3) is 3.71. The largest absolute Gasteiger partial charge is 0.366 e. The Kier molecular flexibility index (Phi) is 4.63. The monoisotopic (exact) mass is 317 g/mol. The fraction of sp³-hybridized carbons (Fsp3) is 0.529. The van der Waals surface area contributed by atoms with Gasteiger partial charge in [0.25, 0.3) is 5.91 Å². The van der Waals surface area contributed by atoms with Crippen molar-refractivity contribution in [2.75, 3.05) is 6.54 Å². The van der Waals surface area contributed by atoms with Gasteiger partial charge >= 0.3 is 0 Å². The molecule has 23 heavy (non-hydrogen) atoms. The Morgan fingerprint density at radius 1 is 1.13 bits per heavy atom. The number of carbonyl (C=O) groups excluding carboxylic acids is 2. The maximum Gasteiger partial charge on any atom is 0.252 e. The second-order valence-electron chi connectivity index (χ2n) is 6.32. The number of carbonyl (C=O) groups is 2. The molecule has 2 fully saturated rings. The van der Waals surface area contributed by atoms with E-state index >= 15 is 0 Å². The summed E-state index contributed by atoms with van der Waals surface area (Å²) in [5.74, 6) is -0.388. The molecule has 0 radical (unpaired) electrons. The van der Waals surface area contributed by atoms with Crippen molar-refractivity contribution in [2.45, 2.75) is 50.5 Å². The summed E-state index contributed by atoms with van der Waals surface area (Å²) in [5, 5.41) is 0. The second kappa shape index (κ2) is 6.68. The Bertz CT molecular complexity index is 583. The van der Waals surface area contributed by atoms with E-state index in [4.69, 9.17) is 16.2 Å². The highest BCUT2D eigenvalue weighted by Crippen LogP contribution is 2.31. The first kappa shape index (κ1) is 16.0. The molecule has 0 unspecified atom stereocenters. The van der Waals surface area contributed by atoms with Crippen LogP contribution in [-0.2, 0) is 16.1 Å². The van der Waals surface area contributed by atoms with E-state index in [1.807, 2.05) is 17.0 Å². The van der Waals surface area contributed by atoms with Gasteiger partial charge in [-0.2, -0.15) is 0 Å². The minimum atomic E-state index is -0.446. The van der Waals surface area contributed by atoms with Crippen molar-refractivity contribution in [3.05, 3.63) is 35.4 Å². The number of nitrogens with two attached hydrogens (primary N) is 2. The number of rotatable bonds is 6. The quantitative estimate of drug-likeness (QED) is 0.810. The molecule has 2 atom stereocenters. The van der Waals surface area contributed by atoms with Crippen LogP contribution in [0.3, 0.4) is 0 Å². The highest BCUT2D eigenvalue weighted by Gasteiger charge is 2.39. The van der Waals surface area contributed by atoms with Gasteiger partial charge in [-0.25, -0.2) is 0 Å². The number of hydrogen-bond acceptors (Lipinski definition) is 4. The smallest absolute Gasteiger partial charge is 0.252 e. The fourth-order valence-corrected chi connectivity index (χ4v) is 2.99. The topological polar surface area (TPSA) is 98.7 Å². The summed E-state index contributed by atoms with van der Waals surface area (Å²) in [7, 11) is 0. The molecule has 1 saturated carbocycles. The van der Waals surface area contributed by atoms with Crippen molar-refractivity contribution in [1.29, 1.82) is 0 Å². The maximum absolute atomic E-state index is 12.8. The van der Waals surface area contributed by atoms with Gasteiger partial charge in [0.05, 0.1) is 6.10 Å². The molecule has 1 aliphatic carbocycles. The summed E-state index contributed by atoms with van der Waals surface area (Å²) < 4.78 is 5.74. The minimum absolute atomic E-state index is 0.000136. The predicted octanol–water partition coefficient (Wildman–Crippen LogP) is 0.783. The van der Waals surface area contributed by atoms with E-state index in [9.17, 15) is 9.59 Å². The number of amides is 2. The van der Waals surface area contributed by atoms with E-state index in [1.165, 1.54) is 0 Å². The van der Waals surface area contributed by atoms with Crippen molar-refractivity contribution >= 4 is 11.8 Å². The van der Waals surface area contributed by atoms with E-state index in [1.54, 1.807) is 12.1 Å². The standard InChI is InChI=1S/C17H23N3O3/c18-9-14-7-8-15(23-14)17(22)20(13-5-6-13)10-11-1-3-12(4-2-11)16(19)21/h1-4,13-15H,5-10,18H2,(H2,19,21)/t14-,15+/m1/s1. The van der Waals surface area contributed by atoms with Crippen molar-refractivity contribution < 1.29 is 14.3 Å². The summed E-state index contributed by atoms with van der Waals surface area (Å²) in [6.45, 7) is 0.998. The van der Waals surface area contributed by atoms with Gasteiger partial charge in [0.2, 0.25) is 5.91 Å². The number of hydrogen-bond donors (Lipinski definition) is 2. The first-order chi connectivity index (χ1) is 11.1. The maximum atomic E-state index is 12.8. The average Bonchev–Trinajstić information content (AvgIpc) is 3.28. The van der Waals surface area contributed by atoms with Crippen molar-refractivity contribution in [3.63, 3.8) is 0 Å². The molecule has 1 saturated heterocycles. The van der Waals surface area contributed by atoms with Gasteiger partial charge in [0, 0.05) is 24.7 Å². The molecule has 4 N–H and O–H groups in total. The zero-order valence-corrected chi connectivity index (χ0v) is 13.1. The van der Waals surface area contributed by atoms with Crippen LogP contribution >= 0.6 is 0 Å². The molecule has 0 spiro atoms. The van der Waals surface area contributed by atoms with E-state index in [-0.39, 0.29) is 18.1 Å². The van der Waals surface area contributed by atoms with E-state index in [0.29, 0.717) is 24.7 Å². The van der Waals surface area contributed by atoms with Gasteiger partial charge in [-0.3, -0.25) is 9.59 Å². The SMILES string of the molecule is NC[C@H]1CC[C@@H](C(=O)N(Cc2ccc(C(N)=O)cc2)C2CC2)O1. The minimum Gasteiger partial charge on any atom is -0.366 e. The molecular formula is C17H23N3O3. The Morgan fingerprint density at radius 2 is 1.83 bits per heavy atom. The fourth-order valence-electron chi connectivity index (χ4n) is 2.99. The van der Waals surface area contributed by atoms with Crippen LogP contribution in [0.15, 0.2) is 24.3 Å². The first-order valence-electron chi connectivity index (χ1n) is 8.13. The third-order valence-electron chi connectivity index (χ3n) is 4.51. The van der Waals surface area contributed by atoms with Crippen LogP contribution in [0.4, 0.5) is 0 Å². The highest BCUT2D eigenvalue weighted by molar-refractivity contribution is 5.92. The van der Waals surface area contributed by atoms with Gasteiger partial charge < -0.3 is 21.1 Å². The van der Waals surface area contributed by atoms with Gasteiger partial charge in [-0.15, -0.1) is 0 Å². The van der Waals surface area contributed by atoms with Gasteiger partial charge in [0.15, 0.2) is 0 Å². The number of ether oxygens (including phenoxy) is 1. The van der Waals surface area contributed by atoms with Crippen LogP contribution in [0.25, 0.3) is 0 Å². The molecule has 0 bridgehead atoms. The molecular weight excluding hydrogens is 294 g/mol. The lowest BCUT2D eigenvalue weighted by Gasteiger charge is -2.26. The number of primary amides is 1. The summed E-state index contributed by atoms with van der Waals surface area (Å²) in [4.78, 5) is 25.8. The predicted molar refractivity (Wildman–Crippen MR) is 85.5 cm³/mol. The summed E-state index contributed by atoms with van der Waals surface area (Å²) in [6, 6.07) is 7.40. The summed E-state index contributed by atoms with van der Waals surface area (Å²) in [6.07, 6.45) is 3.30. The Hall–Kier alpha value is -1.92. The second-order valence-corrected chi connectivity index (χ2v) is 6.32. The van der Waals surface area contributed by atoms with Crippen LogP contribution in [0.1, 0.15) is 41.6 Å². The van der Waals surface area contributed by atoms with Crippen molar-refractivity contribution in [3.8, 4) is 0 Å². The van der Waals surface area contributed by atoms with E-state index < -0.39 is 5.91 Å². The van der Waals surface area contributed by atoms with Gasteiger partial charge in [-0.05, 0) is 43.4 Å². The molecule has 1 aromatic carbocycles. The molecule has 2 aliphatic rings. The molecule has 6 heteroatoms. The number of benzene rings is 1. The van der Waals surface area contributed by atoms with Crippen LogP contribution in [0.2, 0.25) is 0 Å². The molecule has 1 heterocycles. The first-order valence-corrected chi connectivity index (χ1v) is 8.13. The van der Waals surface area contributed by atoms with E-state index in [0.717, 1.165) is 31.2 Å². The average molecular weight is 317 g/mol. The molecule has 1 aromatic rings. The molecule has 124 valence electrons. The zero-order chi connectivity index (χ0) is 16.4. The van der Waals surface area contributed by atoms with Crippen LogP contribution in [0.5, 0.6) is 0 Å². The summed E-state index contributed by atoms with van der Waals surface area (Å²) in [5.41, 5.74) is 12.3. The van der Waals surface area contributed by atoms with Crippen LogP contribution in [-0.4, -0.2) is 41.5 Å². The van der Waals surface area contributed by atoms with Gasteiger partial charge in [0.1, 0.15) is 6.10 Å². The highest BCUT2D eigenvalue weighted by atomic mass is 16.5. The lowest BCUT2D eigenvalue weighted by Crippen LogP contribution is -2.40. The third-order valence-corrected chi connectivity index (χ3v) is 4.51. The molecule has 3 rings (SSSR count). The summed E-state index contributed by atoms with van der Waals surface area (Å²) >= 11 is 0. The van der Waals surface area contributed by atoms with Crippen LogP contribution < -0.4 is 11.5 Å². The van der Waals surface area contributed by atoms with Crippen molar-refractivity contribution in [2.24, 2.45) is 11.5 Å². The van der Waals surface area contributed by atoms with Crippen molar-refractivity contribution in [1.82, 2.24) is 4.90 Å².